The molecule has 0 unspecified atom stereocenters. The third-order valence-electron chi connectivity index (χ3n) is 8.95. The van der Waals surface area contributed by atoms with Crippen molar-refractivity contribution in [2.24, 2.45) is 5.73 Å². The average molecular weight is 716 g/mol. The first-order valence-corrected chi connectivity index (χ1v) is 17.8. The number of aromatic nitrogens is 6. The van der Waals surface area contributed by atoms with Crippen LogP contribution in [0.3, 0.4) is 0 Å². The summed E-state index contributed by atoms with van der Waals surface area (Å²) in [6.07, 6.45) is 8.51. The lowest BCUT2D eigenvalue weighted by Gasteiger charge is -2.23. The van der Waals surface area contributed by atoms with Crippen LogP contribution >= 0.6 is 0 Å². The fraction of sp³-hybridized carbons (Fsp3) is 0.186. The molecule has 3 radical (unpaired) electrons. The standard InChI is InChI=1S/C24H26N4O2.C19H18N4.B/c1-24(2,3)30-23(29)28-20(13-17-14-25-19-12-8-7-11-18(17)19)22-26-15-21(27-22)16-9-5-4-6-10-16;20-16(10-14-11-21-17-9-5-4-8-15(14)17)19-22-12-18(23-19)13-6-2-1-3-7-13;/h4-12,14-15,20,25H,13H2,1-3H3,(H,26,27)(H,28,29);1-9,11-12,16,21H,10,20H2,(H,22,23);/t20-;16-;/m11./s1. The number of carbonyl (C=O) groups excluding carboxylic acids is 1. The van der Waals surface area contributed by atoms with Crippen molar-refractivity contribution in [3.8, 4) is 22.5 Å². The van der Waals surface area contributed by atoms with E-state index >= 15 is 0 Å². The van der Waals surface area contributed by atoms with Gasteiger partial charge in [-0.15, -0.1) is 0 Å². The molecule has 2 atom stereocenters. The highest BCUT2D eigenvalue weighted by molar-refractivity contribution is 5.84. The number of aromatic amines is 4. The molecule has 11 heteroatoms. The highest BCUT2D eigenvalue weighted by Gasteiger charge is 2.24. The number of ether oxygens (including phenoxy) is 1. The molecule has 7 N–H and O–H groups in total. The number of para-hydroxylation sites is 2. The molecule has 0 fully saturated rings. The van der Waals surface area contributed by atoms with Crippen LogP contribution in [0.1, 0.15) is 55.6 Å². The second-order valence-electron chi connectivity index (χ2n) is 14.0. The van der Waals surface area contributed by atoms with Crippen molar-refractivity contribution in [1.29, 1.82) is 0 Å². The number of benzene rings is 4. The Balaban J connectivity index is 0.000000187. The molecule has 4 aromatic carbocycles. The number of alkyl carbamates (subject to hydrolysis) is 1. The van der Waals surface area contributed by atoms with Gasteiger partial charge in [0.15, 0.2) is 0 Å². The molecule has 271 valence electrons. The summed E-state index contributed by atoms with van der Waals surface area (Å²) >= 11 is 0. The number of fused-ring (bicyclic) bond motifs is 2. The van der Waals surface area contributed by atoms with Crippen LogP contribution in [0.25, 0.3) is 44.3 Å². The van der Waals surface area contributed by atoms with E-state index in [0.717, 1.165) is 56.7 Å². The highest BCUT2D eigenvalue weighted by atomic mass is 16.6. The van der Waals surface area contributed by atoms with Gasteiger partial charge < -0.3 is 35.7 Å². The number of nitrogens with zero attached hydrogens (tertiary/aromatic N) is 2. The molecule has 0 saturated heterocycles. The van der Waals surface area contributed by atoms with Gasteiger partial charge in [-0.05, 0) is 61.6 Å². The van der Waals surface area contributed by atoms with E-state index in [0.29, 0.717) is 12.2 Å². The number of imidazole rings is 2. The minimum Gasteiger partial charge on any atom is -0.444 e. The van der Waals surface area contributed by atoms with Gasteiger partial charge in [-0.25, -0.2) is 14.8 Å². The van der Waals surface area contributed by atoms with Crippen LogP contribution in [0.15, 0.2) is 134 Å². The Morgan fingerprint density at radius 2 is 1.15 bits per heavy atom. The van der Waals surface area contributed by atoms with Crippen molar-refractivity contribution >= 4 is 36.3 Å². The summed E-state index contributed by atoms with van der Waals surface area (Å²) in [5.41, 5.74) is 14.4. The van der Waals surface area contributed by atoms with Crippen molar-refractivity contribution in [2.75, 3.05) is 0 Å². The second-order valence-corrected chi connectivity index (χ2v) is 14.0. The average Bonchev–Trinajstić information content (AvgIpc) is 3.99. The molecular formula is C43H44BN8O2. The van der Waals surface area contributed by atoms with E-state index < -0.39 is 11.7 Å². The van der Waals surface area contributed by atoms with Gasteiger partial charge in [0.25, 0.3) is 0 Å². The van der Waals surface area contributed by atoms with Crippen LogP contribution in [0.2, 0.25) is 0 Å². The highest BCUT2D eigenvalue weighted by Crippen LogP contribution is 2.27. The first-order valence-electron chi connectivity index (χ1n) is 17.8. The van der Waals surface area contributed by atoms with Crippen LogP contribution < -0.4 is 11.1 Å². The topological polar surface area (TPSA) is 153 Å². The van der Waals surface area contributed by atoms with Gasteiger partial charge in [0.2, 0.25) is 0 Å². The molecule has 0 aliphatic rings. The smallest absolute Gasteiger partial charge is 0.408 e. The number of hydrogen-bond acceptors (Lipinski definition) is 5. The Morgan fingerprint density at radius 3 is 1.69 bits per heavy atom. The quantitative estimate of drug-likeness (QED) is 0.0825. The number of nitrogens with one attached hydrogen (secondary N) is 5. The molecule has 0 bridgehead atoms. The van der Waals surface area contributed by atoms with E-state index in [1.807, 2.05) is 118 Å². The Kier molecular flexibility index (Phi) is 11.5. The minimum absolute atomic E-state index is 0. The molecule has 8 rings (SSSR count). The predicted octanol–water partition coefficient (Wildman–Crippen LogP) is 8.79. The fourth-order valence-electron chi connectivity index (χ4n) is 6.39. The lowest BCUT2D eigenvalue weighted by Crippen LogP contribution is -2.36. The molecule has 0 spiro atoms. The van der Waals surface area contributed by atoms with Crippen molar-refractivity contribution in [1.82, 2.24) is 35.2 Å². The third kappa shape index (κ3) is 8.99. The summed E-state index contributed by atoms with van der Waals surface area (Å²) in [5, 5.41) is 5.34. The van der Waals surface area contributed by atoms with Crippen LogP contribution in [-0.2, 0) is 17.6 Å². The summed E-state index contributed by atoms with van der Waals surface area (Å²) in [6.45, 7) is 5.55. The summed E-state index contributed by atoms with van der Waals surface area (Å²) in [7, 11) is 0. The van der Waals surface area contributed by atoms with Gasteiger partial charge in [-0.3, -0.25) is 0 Å². The number of hydrogen-bond donors (Lipinski definition) is 6. The fourth-order valence-corrected chi connectivity index (χ4v) is 6.39. The van der Waals surface area contributed by atoms with Gasteiger partial charge >= 0.3 is 6.09 Å². The summed E-state index contributed by atoms with van der Waals surface area (Å²) < 4.78 is 5.49. The normalized spacial score (nSPS) is 12.4. The zero-order chi connectivity index (χ0) is 36.8. The molecule has 1 amide bonds. The molecular weight excluding hydrogens is 671 g/mol. The predicted molar refractivity (Wildman–Crippen MR) is 217 cm³/mol. The second kappa shape index (κ2) is 16.6. The zero-order valence-corrected chi connectivity index (χ0v) is 30.6. The third-order valence-corrected chi connectivity index (χ3v) is 8.95. The summed E-state index contributed by atoms with van der Waals surface area (Å²) in [6, 6.07) is 36.0. The van der Waals surface area contributed by atoms with E-state index in [2.05, 4.69) is 65.6 Å². The lowest BCUT2D eigenvalue weighted by molar-refractivity contribution is 0.0501. The maximum Gasteiger partial charge on any atom is 0.408 e. The van der Waals surface area contributed by atoms with Crippen molar-refractivity contribution in [3.05, 3.63) is 157 Å². The summed E-state index contributed by atoms with van der Waals surface area (Å²) in [5.74, 6) is 1.50. The maximum atomic E-state index is 12.5. The number of amides is 1. The Labute approximate surface area is 316 Å². The molecule has 4 aromatic heterocycles. The number of rotatable bonds is 9. The van der Waals surface area contributed by atoms with E-state index in [-0.39, 0.29) is 20.5 Å². The van der Waals surface area contributed by atoms with Gasteiger partial charge in [0, 0.05) is 49.0 Å². The molecule has 4 heterocycles. The number of nitrogens with two attached hydrogens (primary N) is 1. The Bertz CT molecular complexity index is 2410. The molecule has 0 aliphatic heterocycles. The van der Waals surface area contributed by atoms with Crippen molar-refractivity contribution in [2.45, 2.75) is 51.3 Å². The zero-order valence-electron chi connectivity index (χ0n) is 30.6. The monoisotopic (exact) mass is 715 g/mol. The van der Waals surface area contributed by atoms with Crippen molar-refractivity contribution in [3.63, 3.8) is 0 Å². The number of carbonyl (C=O) groups is 1. The van der Waals surface area contributed by atoms with Crippen LogP contribution in [0, 0.1) is 0 Å². The van der Waals surface area contributed by atoms with Gasteiger partial charge in [-0.1, -0.05) is 97.1 Å². The SMILES string of the molecule is CC(C)(C)OC(=O)N[C@H](Cc1c[nH]c2ccccc12)c1ncc(-c2ccccc2)[nH]1.N[C@H](Cc1c[nH]c2ccccc12)c1ncc(-c2ccccc2)[nH]1.[B]. The van der Waals surface area contributed by atoms with Crippen molar-refractivity contribution < 1.29 is 9.53 Å². The summed E-state index contributed by atoms with van der Waals surface area (Å²) in [4.78, 5) is 34.9. The lowest BCUT2D eigenvalue weighted by atomic mass is 10.0. The Hall–Kier alpha value is -6.33. The largest absolute Gasteiger partial charge is 0.444 e. The van der Waals surface area contributed by atoms with Crippen LogP contribution in [-0.4, -0.2) is 50.0 Å². The molecule has 0 saturated carbocycles. The van der Waals surface area contributed by atoms with E-state index in [1.54, 1.807) is 6.20 Å². The van der Waals surface area contributed by atoms with E-state index in [4.69, 9.17) is 10.5 Å². The van der Waals surface area contributed by atoms with Gasteiger partial charge in [0.05, 0.1) is 35.9 Å². The first kappa shape index (κ1) is 37.4. The molecule has 0 aliphatic carbocycles. The minimum atomic E-state index is -0.576. The number of H-pyrrole nitrogens is 4. The molecule has 10 nitrogen and oxygen atoms in total. The van der Waals surface area contributed by atoms with E-state index in [9.17, 15) is 4.79 Å². The maximum absolute atomic E-state index is 12.5. The van der Waals surface area contributed by atoms with Crippen LogP contribution in [0.5, 0.6) is 0 Å². The Morgan fingerprint density at radius 1 is 0.685 bits per heavy atom. The van der Waals surface area contributed by atoms with Crippen LogP contribution in [0.4, 0.5) is 4.79 Å². The van der Waals surface area contributed by atoms with Gasteiger partial charge in [-0.2, -0.15) is 0 Å². The van der Waals surface area contributed by atoms with E-state index in [1.165, 1.54) is 10.9 Å². The van der Waals surface area contributed by atoms with Gasteiger partial charge in [0.1, 0.15) is 17.2 Å². The molecule has 8 aromatic rings. The first-order chi connectivity index (χ1) is 25.7. The molecule has 54 heavy (non-hydrogen) atoms.